The molecular formula is C25H31ClN4O5. The number of aliphatic hydroxyl groups excluding tert-OH is 1. The van der Waals surface area contributed by atoms with Gasteiger partial charge in [0, 0.05) is 41.7 Å². The molecule has 0 unspecified atom stereocenters. The van der Waals surface area contributed by atoms with Crippen LogP contribution >= 0.6 is 11.6 Å². The topological polar surface area (TPSA) is 120 Å². The molecule has 1 aliphatic rings. The molecule has 35 heavy (non-hydrogen) atoms. The van der Waals surface area contributed by atoms with Crippen molar-refractivity contribution in [3.8, 4) is 0 Å². The molecule has 1 aliphatic heterocycles. The maximum absolute atomic E-state index is 12.9. The number of amides is 3. The van der Waals surface area contributed by atoms with Gasteiger partial charge in [-0.05, 0) is 55.0 Å². The summed E-state index contributed by atoms with van der Waals surface area (Å²) in [6.45, 7) is 2.92. The van der Waals surface area contributed by atoms with E-state index in [4.69, 9.17) is 16.3 Å². The van der Waals surface area contributed by atoms with Gasteiger partial charge in [0.2, 0.25) is 5.91 Å². The summed E-state index contributed by atoms with van der Waals surface area (Å²) in [5.74, 6) is -0.442. The fourth-order valence-corrected chi connectivity index (χ4v) is 3.72. The number of aliphatic hydroxyl groups is 1. The van der Waals surface area contributed by atoms with Gasteiger partial charge in [0.15, 0.2) is 5.78 Å². The summed E-state index contributed by atoms with van der Waals surface area (Å²) in [6.07, 6.45) is 1.29. The van der Waals surface area contributed by atoms with Crippen molar-refractivity contribution in [3.63, 3.8) is 0 Å². The van der Waals surface area contributed by atoms with Crippen molar-refractivity contribution in [1.82, 2.24) is 4.90 Å². The number of ether oxygens (including phenoxy) is 1. The number of ketones is 1. The van der Waals surface area contributed by atoms with Gasteiger partial charge in [0.25, 0.3) is 0 Å². The molecule has 1 fully saturated rings. The molecule has 2 atom stereocenters. The molecule has 2 aromatic rings. The fraction of sp³-hybridized carbons (Fsp3) is 0.400. The lowest BCUT2D eigenvalue weighted by molar-refractivity contribution is -0.122. The van der Waals surface area contributed by atoms with Crippen molar-refractivity contribution in [2.24, 2.45) is 0 Å². The highest BCUT2D eigenvalue weighted by Crippen LogP contribution is 2.22. The highest BCUT2D eigenvalue weighted by molar-refractivity contribution is 6.30. The van der Waals surface area contributed by atoms with Gasteiger partial charge < -0.3 is 30.7 Å². The summed E-state index contributed by atoms with van der Waals surface area (Å²) in [5.41, 5.74) is 1.80. The van der Waals surface area contributed by atoms with E-state index >= 15 is 0 Å². The number of urea groups is 1. The summed E-state index contributed by atoms with van der Waals surface area (Å²) in [6, 6.07) is 12.2. The third-order valence-corrected chi connectivity index (χ3v) is 5.74. The Bertz CT molecular complexity index is 1000. The monoisotopic (exact) mass is 502 g/mol. The zero-order valence-corrected chi connectivity index (χ0v) is 20.4. The van der Waals surface area contributed by atoms with E-state index in [1.807, 2.05) is 0 Å². The number of nitrogens with one attached hydrogen (secondary N) is 3. The second-order valence-corrected chi connectivity index (χ2v) is 8.80. The Hall–Kier alpha value is -3.14. The second-order valence-electron chi connectivity index (χ2n) is 8.36. The van der Waals surface area contributed by atoms with E-state index < -0.39 is 24.1 Å². The number of nitrogens with zero attached hydrogens (tertiary/aromatic N) is 1. The number of rotatable bonds is 11. The quantitative estimate of drug-likeness (QED) is 0.347. The molecule has 1 heterocycles. The number of halogens is 1. The van der Waals surface area contributed by atoms with Crippen molar-refractivity contribution in [2.75, 3.05) is 42.3 Å². The van der Waals surface area contributed by atoms with E-state index in [0.29, 0.717) is 23.0 Å². The first-order valence-electron chi connectivity index (χ1n) is 11.6. The van der Waals surface area contributed by atoms with Gasteiger partial charge >= 0.3 is 6.03 Å². The van der Waals surface area contributed by atoms with Gasteiger partial charge in [-0.25, -0.2) is 4.79 Å². The van der Waals surface area contributed by atoms with Crippen molar-refractivity contribution >= 4 is 46.4 Å². The van der Waals surface area contributed by atoms with Crippen LogP contribution in [-0.4, -0.2) is 66.2 Å². The standard InChI is InChI=1S/C25H31ClN4O5/c1-2-3-12-35-16-22(32)14-27-18-8-10-19(11-9-18)28-24(33)23-13-21(31)15-30(23)25(34)29-20-6-4-17(26)5-7-20/h4-11,21,23,27,31H,2-3,12-16H2,1H3,(H,28,33)(H,29,34)/t21-,23-/m1/s1. The zero-order chi connectivity index (χ0) is 25.2. The number of β-amino-alcohol motifs (C(OH)–C–C–N with tert-alkyl or cyclic N) is 1. The lowest BCUT2D eigenvalue weighted by atomic mass is 10.1. The number of carbonyl (C=O) groups is 3. The molecule has 3 rings (SSSR count). The molecule has 9 nitrogen and oxygen atoms in total. The van der Waals surface area contributed by atoms with Crippen LogP contribution in [0.15, 0.2) is 48.5 Å². The molecular weight excluding hydrogens is 472 g/mol. The SMILES string of the molecule is CCCCOCC(=O)CNc1ccc(NC(=O)[C@H]2C[C@@H](O)CN2C(=O)Nc2ccc(Cl)cc2)cc1. The maximum atomic E-state index is 12.9. The molecule has 10 heteroatoms. The molecule has 1 saturated heterocycles. The number of Topliss-reactive ketones (excluding diaryl/α,β-unsaturated/α-hetero) is 1. The van der Waals surface area contributed by atoms with Gasteiger partial charge in [-0.15, -0.1) is 0 Å². The minimum Gasteiger partial charge on any atom is -0.391 e. The molecule has 0 bridgehead atoms. The molecule has 188 valence electrons. The van der Waals surface area contributed by atoms with E-state index in [2.05, 4.69) is 22.9 Å². The number of carbonyl (C=O) groups excluding carboxylic acids is 3. The van der Waals surface area contributed by atoms with Crippen LogP contribution in [0, 0.1) is 0 Å². The van der Waals surface area contributed by atoms with Crippen LogP contribution in [0.25, 0.3) is 0 Å². The Kier molecular flexibility index (Phi) is 9.89. The summed E-state index contributed by atoms with van der Waals surface area (Å²) in [5, 5.41) is 19.2. The summed E-state index contributed by atoms with van der Waals surface area (Å²) in [7, 11) is 0. The Morgan fingerprint density at radius 1 is 1.03 bits per heavy atom. The van der Waals surface area contributed by atoms with E-state index in [-0.39, 0.29) is 31.9 Å². The Morgan fingerprint density at radius 2 is 1.66 bits per heavy atom. The molecule has 0 aliphatic carbocycles. The van der Waals surface area contributed by atoms with E-state index in [0.717, 1.165) is 18.5 Å². The molecule has 0 aromatic heterocycles. The summed E-state index contributed by atoms with van der Waals surface area (Å²) >= 11 is 5.87. The summed E-state index contributed by atoms with van der Waals surface area (Å²) in [4.78, 5) is 38.8. The van der Waals surface area contributed by atoms with Crippen LogP contribution in [-0.2, 0) is 14.3 Å². The molecule has 0 saturated carbocycles. The molecule has 2 aromatic carbocycles. The Balaban J connectivity index is 1.50. The van der Waals surface area contributed by atoms with Crippen LogP contribution in [0.1, 0.15) is 26.2 Å². The molecule has 0 radical (unpaired) electrons. The summed E-state index contributed by atoms with van der Waals surface area (Å²) < 4.78 is 5.31. The minimum absolute atomic E-state index is 0.0461. The van der Waals surface area contributed by atoms with Crippen molar-refractivity contribution < 1.29 is 24.2 Å². The number of hydrogen-bond acceptors (Lipinski definition) is 6. The van der Waals surface area contributed by atoms with Gasteiger partial charge in [0.1, 0.15) is 12.6 Å². The third kappa shape index (κ3) is 8.24. The zero-order valence-electron chi connectivity index (χ0n) is 19.6. The van der Waals surface area contributed by atoms with E-state index in [9.17, 15) is 19.5 Å². The first-order valence-corrected chi connectivity index (χ1v) is 12.0. The number of likely N-dealkylation sites (tertiary alicyclic amines) is 1. The van der Waals surface area contributed by atoms with E-state index in [1.165, 1.54) is 4.90 Å². The average Bonchev–Trinajstić information content (AvgIpc) is 3.25. The first-order chi connectivity index (χ1) is 16.9. The van der Waals surface area contributed by atoms with Crippen molar-refractivity contribution in [2.45, 2.75) is 38.3 Å². The van der Waals surface area contributed by atoms with E-state index in [1.54, 1.807) is 48.5 Å². The van der Waals surface area contributed by atoms with Crippen molar-refractivity contribution in [1.29, 1.82) is 0 Å². The number of hydrogen-bond donors (Lipinski definition) is 4. The van der Waals surface area contributed by atoms with Crippen molar-refractivity contribution in [3.05, 3.63) is 53.6 Å². The third-order valence-electron chi connectivity index (χ3n) is 5.49. The highest BCUT2D eigenvalue weighted by atomic mass is 35.5. The van der Waals surface area contributed by atoms with Crippen LogP contribution in [0.2, 0.25) is 5.02 Å². The maximum Gasteiger partial charge on any atom is 0.322 e. The largest absolute Gasteiger partial charge is 0.391 e. The Labute approximate surface area is 209 Å². The van der Waals surface area contributed by atoms with Crippen LogP contribution in [0.4, 0.5) is 21.9 Å². The lowest BCUT2D eigenvalue weighted by Crippen LogP contribution is -2.45. The van der Waals surface area contributed by atoms with Crippen LogP contribution in [0.5, 0.6) is 0 Å². The number of unbranched alkanes of at least 4 members (excludes halogenated alkanes) is 1. The van der Waals surface area contributed by atoms with Gasteiger partial charge in [-0.1, -0.05) is 24.9 Å². The lowest BCUT2D eigenvalue weighted by Gasteiger charge is -2.24. The normalized spacial score (nSPS) is 17.2. The smallest absolute Gasteiger partial charge is 0.322 e. The number of anilines is 3. The second kappa shape index (κ2) is 13.1. The first kappa shape index (κ1) is 26.5. The predicted molar refractivity (Wildman–Crippen MR) is 136 cm³/mol. The molecule has 4 N–H and O–H groups in total. The van der Waals surface area contributed by atoms with Gasteiger partial charge in [0.05, 0.1) is 12.6 Å². The van der Waals surface area contributed by atoms with Crippen LogP contribution in [0.3, 0.4) is 0 Å². The molecule has 0 spiro atoms. The predicted octanol–water partition coefficient (Wildman–Crippen LogP) is 3.74. The Morgan fingerprint density at radius 3 is 2.34 bits per heavy atom. The van der Waals surface area contributed by atoms with Gasteiger partial charge in [-0.2, -0.15) is 0 Å². The van der Waals surface area contributed by atoms with Gasteiger partial charge in [-0.3, -0.25) is 9.59 Å². The number of benzene rings is 2. The average molecular weight is 503 g/mol. The highest BCUT2D eigenvalue weighted by Gasteiger charge is 2.39. The molecule has 3 amide bonds. The fourth-order valence-electron chi connectivity index (χ4n) is 3.60. The minimum atomic E-state index is -0.819. The van der Waals surface area contributed by atoms with Crippen LogP contribution < -0.4 is 16.0 Å².